The maximum atomic E-state index is 12.0. The molecule has 21 heavy (non-hydrogen) atoms. The number of aliphatic carboxylic acids is 1. The highest BCUT2D eigenvalue weighted by molar-refractivity contribution is 5.93. The van der Waals surface area contributed by atoms with Gasteiger partial charge in [-0.2, -0.15) is 0 Å². The van der Waals surface area contributed by atoms with Crippen molar-refractivity contribution in [1.29, 1.82) is 0 Å². The van der Waals surface area contributed by atoms with Gasteiger partial charge in [-0.05, 0) is 37.1 Å². The van der Waals surface area contributed by atoms with Gasteiger partial charge in [-0.1, -0.05) is 42.5 Å². The standard InChI is InChI=1S/C17H19NO3/c1-12(2)18(11-19)17(3,16(20)21)15-10-6-8-13-7-4-5-9-14(13)15/h4-12H,1-3H3,(H,20,21). The van der Waals surface area contributed by atoms with E-state index in [0.29, 0.717) is 12.0 Å². The Morgan fingerprint density at radius 3 is 2.38 bits per heavy atom. The fraction of sp³-hybridized carbons (Fsp3) is 0.294. The van der Waals surface area contributed by atoms with Gasteiger partial charge >= 0.3 is 5.97 Å². The number of nitrogens with zero attached hydrogens (tertiary/aromatic N) is 1. The lowest BCUT2D eigenvalue weighted by Gasteiger charge is -2.39. The molecule has 0 saturated heterocycles. The van der Waals surface area contributed by atoms with Crippen LogP contribution in [-0.4, -0.2) is 28.4 Å². The van der Waals surface area contributed by atoms with Crippen molar-refractivity contribution in [1.82, 2.24) is 4.90 Å². The average Bonchev–Trinajstić information content (AvgIpc) is 2.46. The van der Waals surface area contributed by atoms with Crippen LogP contribution in [0.5, 0.6) is 0 Å². The van der Waals surface area contributed by atoms with Crippen LogP contribution in [0.4, 0.5) is 0 Å². The van der Waals surface area contributed by atoms with Gasteiger partial charge in [0.15, 0.2) is 5.54 Å². The molecule has 1 atom stereocenters. The zero-order chi connectivity index (χ0) is 15.6. The molecule has 2 aromatic carbocycles. The number of fused-ring (bicyclic) bond motifs is 1. The zero-order valence-corrected chi connectivity index (χ0v) is 12.4. The molecule has 0 aromatic heterocycles. The minimum Gasteiger partial charge on any atom is -0.479 e. The first-order chi connectivity index (χ1) is 9.92. The second-order valence-corrected chi connectivity index (χ2v) is 5.51. The summed E-state index contributed by atoms with van der Waals surface area (Å²) in [6.45, 7) is 5.19. The number of carbonyl (C=O) groups is 2. The van der Waals surface area contributed by atoms with E-state index in [2.05, 4.69) is 0 Å². The summed E-state index contributed by atoms with van der Waals surface area (Å²) in [5, 5.41) is 11.6. The van der Waals surface area contributed by atoms with E-state index in [1.54, 1.807) is 26.8 Å². The van der Waals surface area contributed by atoms with Gasteiger partial charge in [-0.15, -0.1) is 0 Å². The number of carboxylic acids is 1. The van der Waals surface area contributed by atoms with Crippen LogP contribution < -0.4 is 0 Å². The Morgan fingerprint density at radius 1 is 1.19 bits per heavy atom. The van der Waals surface area contributed by atoms with Gasteiger partial charge in [-0.3, -0.25) is 4.79 Å². The second kappa shape index (κ2) is 5.56. The van der Waals surface area contributed by atoms with Crippen LogP contribution in [-0.2, 0) is 15.1 Å². The van der Waals surface area contributed by atoms with Crippen LogP contribution >= 0.6 is 0 Å². The molecule has 4 heteroatoms. The van der Waals surface area contributed by atoms with Gasteiger partial charge in [0.25, 0.3) is 0 Å². The SMILES string of the molecule is CC(C)N(C=O)C(C)(C(=O)O)c1cccc2ccccc12. The Morgan fingerprint density at radius 2 is 1.81 bits per heavy atom. The fourth-order valence-electron chi connectivity index (χ4n) is 2.76. The van der Waals surface area contributed by atoms with Crippen LogP contribution in [0.2, 0.25) is 0 Å². The normalized spacial score (nSPS) is 13.9. The van der Waals surface area contributed by atoms with Crippen molar-refractivity contribution in [3.63, 3.8) is 0 Å². The summed E-state index contributed by atoms with van der Waals surface area (Å²) < 4.78 is 0. The van der Waals surface area contributed by atoms with Crippen LogP contribution in [0, 0.1) is 0 Å². The molecular weight excluding hydrogens is 266 g/mol. The smallest absolute Gasteiger partial charge is 0.334 e. The van der Waals surface area contributed by atoms with E-state index in [9.17, 15) is 14.7 Å². The molecule has 0 saturated carbocycles. The molecule has 1 unspecified atom stereocenters. The van der Waals surface area contributed by atoms with Crippen LogP contribution in [0.15, 0.2) is 42.5 Å². The summed E-state index contributed by atoms with van der Waals surface area (Å²) in [5.74, 6) is -1.04. The number of amides is 1. The van der Waals surface area contributed by atoms with E-state index >= 15 is 0 Å². The lowest BCUT2D eigenvalue weighted by Crippen LogP contribution is -2.52. The summed E-state index contributed by atoms with van der Waals surface area (Å²) in [4.78, 5) is 24.8. The molecule has 0 aliphatic carbocycles. The molecule has 110 valence electrons. The van der Waals surface area contributed by atoms with Gasteiger partial charge in [0.1, 0.15) is 0 Å². The highest BCUT2D eigenvalue weighted by Crippen LogP contribution is 2.34. The zero-order valence-electron chi connectivity index (χ0n) is 12.4. The topological polar surface area (TPSA) is 57.6 Å². The van der Waals surface area contributed by atoms with Crippen molar-refractivity contribution in [3.05, 3.63) is 48.0 Å². The predicted octanol–water partition coefficient (Wildman–Crippen LogP) is 3.01. The quantitative estimate of drug-likeness (QED) is 0.859. The summed E-state index contributed by atoms with van der Waals surface area (Å²) in [6.07, 6.45) is 0.612. The Balaban J connectivity index is 2.77. The van der Waals surface area contributed by atoms with Gasteiger partial charge < -0.3 is 10.0 Å². The minimum absolute atomic E-state index is 0.220. The van der Waals surface area contributed by atoms with Gasteiger partial charge in [0, 0.05) is 6.04 Å². The summed E-state index contributed by atoms with van der Waals surface area (Å²) >= 11 is 0. The Hall–Kier alpha value is -2.36. The molecule has 4 nitrogen and oxygen atoms in total. The Labute approximate surface area is 124 Å². The third-order valence-electron chi connectivity index (χ3n) is 3.92. The van der Waals surface area contributed by atoms with E-state index in [-0.39, 0.29) is 6.04 Å². The predicted molar refractivity (Wildman–Crippen MR) is 82.0 cm³/mol. The van der Waals surface area contributed by atoms with Gasteiger partial charge in [0.2, 0.25) is 6.41 Å². The van der Waals surface area contributed by atoms with Crippen LogP contribution in [0.1, 0.15) is 26.3 Å². The molecule has 0 radical (unpaired) electrons. The maximum absolute atomic E-state index is 12.0. The monoisotopic (exact) mass is 285 g/mol. The molecule has 0 heterocycles. The number of carbonyl (C=O) groups excluding carboxylic acids is 1. The number of benzene rings is 2. The van der Waals surface area contributed by atoms with Crippen molar-refractivity contribution in [2.75, 3.05) is 0 Å². The van der Waals surface area contributed by atoms with E-state index in [1.165, 1.54) is 4.90 Å². The first-order valence-electron chi connectivity index (χ1n) is 6.88. The van der Waals surface area contributed by atoms with Crippen LogP contribution in [0.3, 0.4) is 0 Å². The van der Waals surface area contributed by atoms with Crippen molar-refractivity contribution < 1.29 is 14.7 Å². The third kappa shape index (κ3) is 2.37. The first-order valence-corrected chi connectivity index (χ1v) is 6.88. The van der Waals surface area contributed by atoms with Crippen molar-refractivity contribution in [2.45, 2.75) is 32.4 Å². The summed E-state index contributed by atoms with van der Waals surface area (Å²) in [7, 11) is 0. The molecule has 1 N–H and O–H groups in total. The van der Waals surface area contributed by atoms with E-state index in [0.717, 1.165) is 10.8 Å². The minimum atomic E-state index is -1.41. The molecule has 0 aliphatic heterocycles. The van der Waals surface area contributed by atoms with Gasteiger partial charge in [0.05, 0.1) is 0 Å². The Bertz CT molecular complexity index is 675. The van der Waals surface area contributed by atoms with E-state index < -0.39 is 11.5 Å². The largest absolute Gasteiger partial charge is 0.479 e. The van der Waals surface area contributed by atoms with Crippen LogP contribution in [0.25, 0.3) is 10.8 Å². The van der Waals surface area contributed by atoms with E-state index in [4.69, 9.17) is 0 Å². The lowest BCUT2D eigenvalue weighted by molar-refractivity contribution is -0.156. The number of carboxylic acid groups (broad SMARTS) is 1. The molecule has 2 rings (SSSR count). The fourth-order valence-corrected chi connectivity index (χ4v) is 2.76. The molecule has 0 bridgehead atoms. The van der Waals surface area contributed by atoms with Crippen molar-refractivity contribution >= 4 is 23.2 Å². The third-order valence-corrected chi connectivity index (χ3v) is 3.92. The Kier molecular flexibility index (Phi) is 3.98. The number of hydrogen-bond acceptors (Lipinski definition) is 2. The van der Waals surface area contributed by atoms with Crippen molar-refractivity contribution in [2.24, 2.45) is 0 Å². The highest BCUT2D eigenvalue weighted by atomic mass is 16.4. The number of rotatable bonds is 5. The number of hydrogen-bond donors (Lipinski definition) is 1. The van der Waals surface area contributed by atoms with Gasteiger partial charge in [-0.25, -0.2) is 4.79 Å². The molecular formula is C17H19NO3. The summed E-state index contributed by atoms with van der Waals surface area (Å²) in [5.41, 5.74) is -0.787. The average molecular weight is 285 g/mol. The molecule has 1 amide bonds. The maximum Gasteiger partial charge on any atom is 0.334 e. The molecule has 2 aromatic rings. The summed E-state index contributed by atoms with van der Waals surface area (Å²) in [6, 6.07) is 12.9. The highest BCUT2D eigenvalue weighted by Gasteiger charge is 2.43. The van der Waals surface area contributed by atoms with E-state index in [1.807, 2.05) is 36.4 Å². The lowest BCUT2D eigenvalue weighted by atomic mass is 9.85. The first kappa shape index (κ1) is 15.0. The second-order valence-electron chi connectivity index (χ2n) is 5.51. The molecule has 0 fully saturated rings. The molecule has 0 spiro atoms. The van der Waals surface area contributed by atoms with Crippen molar-refractivity contribution in [3.8, 4) is 0 Å². The molecule has 0 aliphatic rings.